The van der Waals surface area contributed by atoms with Crippen LogP contribution in [0.1, 0.15) is 33.5 Å². The third-order valence-electron chi connectivity index (χ3n) is 2.18. The maximum atomic E-state index is 8.76. The summed E-state index contributed by atoms with van der Waals surface area (Å²) in [5, 5.41) is 9.64. The monoisotopic (exact) mass is 238 g/mol. The van der Waals surface area contributed by atoms with Crippen molar-refractivity contribution in [3.8, 4) is 6.07 Å². The molecule has 0 amide bonds. The molecule has 0 aliphatic carbocycles. The quantitative estimate of drug-likeness (QED) is 0.811. The average Bonchev–Trinajstić information content (AvgIpc) is 2.65. The van der Waals surface area contributed by atoms with Crippen LogP contribution in [-0.2, 0) is 5.41 Å². The first-order valence-electron chi connectivity index (χ1n) is 5.29. The van der Waals surface area contributed by atoms with Gasteiger partial charge in [-0.1, -0.05) is 20.8 Å². The molecule has 4 nitrogen and oxygen atoms in total. The molecule has 1 rings (SSSR count). The second-order valence-electron chi connectivity index (χ2n) is 5.06. The van der Waals surface area contributed by atoms with E-state index in [2.05, 4.69) is 36.2 Å². The van der Waals surface area contributed by atoms with Crippen molar-refractivity contribution in [3.63, 3.8) is 0 Å². The smallest absolute Gasteiger partial charge is 0.205 e. The molecule has 0 aliphatic heterocycles. The van der Waals surface area contributed by atoms with E-state index >= 15 is 0 Å². The highest BCUT2D eigenvalue weighted by atomic mass is 32.1. The molecule has 0 fully saturated rings. The molecule has 0 spiro atoms. The highest BCUT2D eigenvalue weighted by molar-refractivity contribution is 7.09. The fraction of sp³-hybridized carbons (Fsp3) is 0.727. The van der Waals surface area contributed by atoms with Crippen LogP contribution in [0.15, 0.2) is 0 Å². The Morgan fingerprint density at radius 2 is 2.12 bits per heavy atom. The number of nitriles is 1. The third kappa shape index (κ3) is 3.17. The number of aromatic nitrogens is 2. The molecular formula is C11H18N4S. The summed E-state index contributed by atoms with van der Waals surface area (Å²) in [6.07, 6.45) is 0. The predicted octanol–water partition coefficient (Wildman–Crippen LogP) is 2.43. The molecule has 0 saturated heterocycles. The van der Waals surface area contributed by atoms with Crippen LogP contribution in [0.25, 0.3) is 0 Å². The first-order chi connectivity index (χ1) is 7.34. The lowest BCUT2D eigenvalue weighted by atomic mass is 9.96. The summed E-state index contributed by atoms with van der Waals surface area (Å²) in [5.74, 6) is 0.871. The Morgan fingerprint density at radius 3 is 2.56 bits per heavy atom. The first-order valence-corrected chi connectivity index (χ1v) is 6.07. The summed E-state index contributed by atoms with van der Waals surface area (Å²) < 4.78 is 4.35. The molecule has 0 aromatic carbocycles. The van der Waals surface area contributed by atoms with E-state index in [1.165, 1.54) is 11.5 Å². The molecule has 1 atom stereocenters. The van der Waals surface area contributed by atoms with Gasteiger partial charge in [-0.25, -0.2) is 4.98 Å². The lowest BCUT2D eigenvalue weighted by Gasteiger charge is -2.16. The highest BCUT2D eigenvalue weighted by Gasteiger charge is 2.21. The zero-order chi connectivity index (χ0) is 12.3. The molecule has 88 valence electrons. The molecule has 1 aromatic heterocycles. The van der Waals surface area contributed by atoms with Gasteiger partial charge in [-0.05, 0) is 6.92 Å². The lowest BCUT2D eigenvalue weighted by Crippen LogP contribution is -2.23. The van der Waals surface area contributed by atoms with E-state index in [4.69, 9.17) is 5.26 Å². The van der Waals surface area contributed by atoms with E-state index in [1.54, 1.807) is 0 Å². The minimum Gasteiger partial charge on any atom is -0.349 e. The van der Waals surface area contributed by atoms with Crippen LogP contribution in [0.5, 0.6) is 0 Å². The largest absolute Gasteiger partial charge is 0.349 e. The molecule has 1 heterocycles. The number of hydrogen-bond donors (Lipinski definition) is 0. The molecule has 1 aromatic rings. The van der Waals surface area contributed by atoms with Gasteiger partial charge < -0.3 is 4.90 Å². The third-order valence-corrected chi connectivity index (χ3v) is 3.01. The molecule has 1 unspecified atom stereocenters. The van der Waals surface area contributed by atoms with Crippen LogP contribution < -0.4 is 4.90 Å². The number of anilines is 1. The lowest BCUT2D eigenvalue weighted by molar-refractivity contribution is 0.554. The van der Waals surface area contributed by atoms with E-state index < -0.39 is 0 Å². The van der Waals surface area contributed by atoms with Gasteiger partial charge in [0.1, 0.15) is 5.82 Å². The highest BCUT2D eigenvalue weighted by Crippen LogP contribution is 2.24. The van der Waals surface area contributed by atoms with Crippen molar-refractivity contribution in [2.75, 3.05) is 18.5 Å². The Hall–Kier alpha value is -1.15. The van der Waals surface area contributed by atoms with E-state index in [0.29, 0.717) is 6.54 Å². The first kappa shape index (κ1) is 12.9. The second kappa shape index (κ2) is 4.79. The van der Waals surface area contributed by atoms with Crippen LogP contribution in [0.3, 0.4) is 0 Å². The van der Waals surface area contributed by atoms with Gasteiger partial charge in [-0.3, -0.25) is 0 Å². The van der Waals surface area contributed by atoms with Crippen molar-refractivity contribution in [1.82, 2.24) is 9.36 Å². The van der Waals surface area contributed by atoms with Gasteiger partial charge in [0, 0.05) is 30.5 Å². The predicted molar refractivity (Wildman–Crippen MR) is 66.7 cm³/mol. The van der Waals surface area contributed by atoms with Gasteiger partial charge >= 0.3 is 0 Å². The van der Waals surface area contributed by atoms with E-state index in [-0.39, 0.29) is 11.3 Å². The maximum Gasteiger partial charge on any atom is 0.205 e. The van der Waals surface area contributed by atoms with Crippen molar-refractivity contribution in [2.24, 2.45) is 5.92 Å². The van der Waals surface area contributed by atoms with Crippen molar-refractivity contribution < 1.29 is 0 Å². The number of hydrogen-bond acceptors (Lipinski definition) is 5. The molecule has 0 saturated carbocycles. The summed E-state index contributed by atoms with van der Waals surface area (Å²) in [5.41, 5.74) is -0.0174. The van der Waals surface area contributed by atoms with Gasteiger partial charge in [0.25, 0.3) is 0 Å². The Labute approximate surface area is 101 Å². The van der Waals surface area contributed by atoms with Crippen molar-refractivity contribution in [1.29, 1.82) is 5.26 Å². The van der Waals surface area contributed by atoms with Gasteiger partial charge in [0.15, 0.2) is 0 Å². The summed E-state index contributed by atoms with van der Waals surface area (Å²) in [4.78, 5) is 6.48. The maximum absolute atomic E-state index is 8.76. The Bertz CT molecular complexity index is 385. The van der Waals surface area contributed by atoms with Gasteiger partial charge in [0.05, 0.1) is 12.0 Å². The standard InChI is InChI=1S/C11H18N4S/c1-8(6-12)7-15(5)10-13-9(14-16-10)11(2,3)4/h8H,7H2,1-5H3. The normalized spacial score (nSPS) is 13.2. The van der Waals surface area contributed by atoms with Crippen molar-refractivity contribution in [2.45, 2.75) is 33.1 Å². The molecular weight excluding hydrogens is 220 g/mol. The second-order valence-corrected chi connectivity index (χ2v) is 5.79. The Kier molecular flexibility index (Phi) is 3.87. The minimum atomic E-state index is -0.0174. The summed E-state index contributed by atoms with van der Waals surface area (Å²) in [7, 11) is 1.95. The fourth-order valence-corrected chi connectivity index (χ4v) is 2.03. The van der Waals surface area contributed by atoms with Crippen LogP contribution in [0.4, 0.5) is 5.13 Å². The van der Waals surface area contributed by atoms with Crippen LogP contribution in [-0.4, -0.2) is 22.9 Å². The van der Waals surface area contributed by atoms with E-state index in [9.17, 15) is 0 Å². The van der Waals surface area contributed by atoms with Gasteiger partial charge in [-0.15, -0.1) is 0 Å². The fourth-order valence-electron chi connectivity index (χ4n) is 1.20. The van der Waals surface area contributed by atoms with E-state index in [1.807, 2.05) is 18.9 Å². The van der Waals surface area contributed by atoms with Crippen LogP contribution >= 0.6 is 11.5 Å². The van der Waals surface area contributed by atoms with Gasteiger partial charge in [-0.2, -0.15) is 9.64 Å². The number of nitrogens with zero attached hydrogens (tertiary/aromatic N) is 4. The summed E-state index contributed by atoms with van der Waals surface area (Å²) >= 11 is 1.39. The molecule has 0 bridgehead atoms. The number of rotatable bonds is 3. The van der Waals surface area contributed by atoms with Gasteiger partial charge in [0.2, 0.25) is 5.13 Å². The SMILES string of the molecule is CC(C#N)CN(C)c1nc(C(C)(C)C)ns1. The molecule has 0 radical (unpaired) electrons. The molecule has 16 heavy (non-hydrogen) atoms. The van der Waals surface area contributed by atoms with Crippen LogP contribution in [0.2, 0.25) is 0 Å². The van der Waals surface area contributed by atoms with Crippen molar-refractivity contribution >= 4 is 16.7 Å². The summed E-state index contributed by atoms with van der Waals surface area (Å²) in [6.45, 7) is 8.88. The van der Waals surface area contributed by atoms with Crippen LogP contribution in [0, 0.1) is 17.2 Å². The van der Waals surface area contributed by atoms with Crippen molar-refractivity contribution in [3.05, 3.63) is 5.82 Å². The molecule has 0 N–H and O–H groups in total. The Morgan fingerprint density at radius 1 is 1.50 bits per heavy atom. The zero-order valence-corrected chi connectivity index (χ0v) is 11.3. The molecule has 5 heteroatoms. The minimum absolute atomic E-state index is 0.00647. The average molecular weight is 238 g/mol. The van der Waals surface area contributed by atoms with E-state index in [0.717, 1.165) is 11.0 Å². The zero-order valence-electron chi connectivity index (χ0n) is 10.5. The summed E-state index contributed by atoms with van der Waals surface area (Å²) in [6, 6.07) is 2.22. The topological polar surface area (TPSA) is 52.8 Å². The Balaban J connectivity index is 2.75. The molecule has 0 aliphatic rings.